The van der Waals surface area contributed by atoms with E-state index >= 15 is 0 Å². The Morgan fingerprint density at radius 1 is 1.27 bits per heavy atom. The van der Waals surface area contributed by atoms with E-state index in [-0.39, 0.29) is 0 Å². The van der Waals surface area contributed by atoms with Gasteiger partial charge in [0.15, 0.2) is 0 Å². The van der Waals surface area contributed by atoms with Gasteiger partial charge in [0.2, 0.25) is 0 Å². The molecule has 3 heteroatoms. The normalized spacial score (nSPS) is 15.9. The summed E-state index contributed by atoms with van der Waals surface area (Å²) in [4.78, 5) is 12.9. The summed E-state index contributed by atoms with van der Waals surface area (Å²) in [5.41, 5.74) is 0. The van der Waals surface area contributed by atoms with Gasteiger partial charge in [0.05, 0.1) is 0 Å². The molecule has 0 spiro atoms. The Hall–Kier alpha value is -0.570. The van der Waals surface area contributed by atoms with Crippen molar-refractivity contribution < 1.29 is 9.90 Å². The Kier molecular flexibility index (Phi) is 5.69. The van der Waals surface area contributed by atoms with E-state index in [1.807, 2.05) is 0 Å². The topological polar surface area (TPSA) is 40.5 Å². The minimum atomic E-state index is -0.664. The number of aliphatic carboxylic acids is 1. The Labute approximate surface area is 92.5 Å². The fourth-order valence-electron chi connectivity index (χ4n) is 1.97. The summed E-state index contributed by atoms with van der Waals surface area (Å²) in [5, 5.41) is 8.49. The molecule has 1 fully saturated rings. The molecule has 0 bridgehead atoms. The molecule has 0 atom stereocenters. The number of rotatable bonds is 9. The molecule has 0 aromatic heterocycles. The minimum absolute atomic E-state index is 0.331. The van der Waals surface area contributed by atoms with Crippen LogP contribution in [0.15, 0.2) is 0 Å². The van der Waals surface area contributed by atoms with Gasteiger partial charge in [0.1, 0.15) is 0 Å². The molecule has 0 saturated heterocycles. The molecule has 0 heterocycles. The van der Waals surface area contributed by atoms with Crippen LogP contribution in [-0.2, 0) is 4.79 Å². The lowest BCUT2D eigenvalue weighted by Gasteiger charge is -2.20. The number of hydrogen-bond acceptors (Lipinski definition) is 2. The van der Waals surface area contributed by atoms with Crippen molar-refractivity contribution in [3.05, 3.63) is 0 Å². The third kappa shape index (κ3) is 5.78. The maximum atomic E-state index is 10.3. The lowest BCUT2D eigenvalue weighted by atomic mass is 10.2. The van der Waals surface area contributed by atoms with Gasteiger partial charge in [-0.2, -0.15) is 0 Å². The van der Waals surface area contributed by atoms with Crippen molar-refractivity contribution in [1.82, 2.24) is 4.90 Å². The van der Waals surface area contributed by atoms with Crippen molar-refractivity contribution in [1.29, 1.82) is 0 Å². The molecular formula is C12H23NO2. The van der Waals surface area contributed by atoms with E-state index in [2.05, 4.69) is 11.8 Å². The number of carboxylic acids is 1. The highest BCUT2D eigenvalue weighted by molar-refractivity contribution is 5.66. The second-order valence-electron chi connectivity index (χ2n) is 4.47. The summed E-state index contributed by atoms with van der Waals surface area (Å²) in [6.07, 6.45) is 7.34. The standard InChI is InChI=1S/C12H23NO2/c1-2-9-13(11-7-8-11)10-5-3-4-6-12(14)15/h11H,2-10H2,1H3,(H,14,15). The first-order chi connectivity index (χ1) is 7.24. The molecule has 1 rings (SSSR count). The van der Waals surface area contributed by atoms with Crippen LogP contribution in [0.5, 0.6) is 0 Å². The zero-order valence-electron chi connectivity index (χ0n) is 9.74. The van der Waals surface area contributed by atoms with Crippen LogP contribution >= 0.6 is 0 Å². The predicted molar refractivity (Wildman–Crippen MR) is 61.0 cm³/mol. The van der Waals surface area contributed by atoms with E-state index in [4.69, 9.17) is 5.11 Å². The molecule has 1 N–H and O–H groups in total. The van der Waals surface area contributed by atoms with Crippen LogP contribution < -0.4 is 0 Å². The largest absolute Gasteiger partial charge is 0.481 e. The molecule has 0 radical (unpaired) electrons. The Bertz CT molecular complexity index is 190. The van der Waals surface area contributed by atoms with Crippen LogP contribution in [0.4, 0.5) is 0 Å². The first-order valence-corrected chi connectivity index (χ1v) is 6.20. The first kappa shape index (κ1) is 12.5. The first-order valence-electron chi connectivity index (χ1n) is 6.20. The van der Waals surface area contributed by atoms with Crippen LogP contribution in [0.25, 0.3) is 0 Å². The SMILES string of the molecule is CCCN(CCCCCC(=O)O)C1CC1. The Balaban J connectivity index is 1.98. The van der Waals surface area contributed by atoms with Crippen LogP contribution in [0, 0.1) is 0 Å². The molecule has 0 aromatic rings. The van der Waals surface area contributed by atoms with Crippen LogP contribution in [0.2, 0.25) is 0 Å². The summed E-state index contributed by atoms with van der Waals surface area (Å²) >= 11 is 0. The van der Waals surface area contributed by atoms with E-state index in [1.165, 1.54) is 25.8 Å². The van der Waals surface area contributed by atoms with Gasteiger partial charge in [-0.05, 0) is 45.2 Å². The fraction of sp³-hybridized carbons (Fsp3) is 0.917. The minimum Gasteiger partial charge on any atom is -0.481 e. The highest BCUT2D eigenvalue weighted by atomic mass is 16.4. The number of unbranched alkanes of at least 4 members (excludes halogenated alkanes) is 2. The van der Waals surface area contributed by atoms with Gasteiger partial charge in [-0.3, -0.25) is 4.79 Å². The second-order valence-corrected chi connectivity index (χ2v) is 4.47. The van der Waals surface area contributed by atoms with E-state index in [0.717, 1.165) is 31.8 Å². The van der Waals surface area contributed by atoms with Crippen molar-refractivity contribution in [2.75, 3.05) is 13.1 Å². The molecule has 3 nitrogen and oxygen atoms in total. The average Bonchev–Trinajstić information content (AvgIpc) is 2.98. The number of carboxylic acid groups (broad SMARTS) is 1. The highest BCUT2D eigenvalue weighted by Gasteiger charge is 2.27. The van der Waals surface area contributed by atoms with Crippen LogP contribution in [-0.4, -0.2) is 35.1 Å². The summed E-state index contributed by atoms with van der Waals surface area (Å²) < 4.78 is 0. The summed E-state index contributed by atoms with van der Waals surface area (Å²) in [7, 11) is 0. The van der Waals surface area contributed by atoms with Gasteiger partial charge in [0, 0.05) is 12.5 Å². The van der Waals surface area contributed by atoms with Crippen molar-refractivity contribution in [3.63, 3.8) is 0 Å². The number of nitrogens with zero attached hydrogens (tertiary/aromatic N) is 1. The Morgan fingerprint density at radius 2 is 2.00 bits per heavy atom. The summed E-state index contributed by atoms with van der Waals surface area (Å²) in [6, 6.07) is 0.851. The van der Waals surface area contributed by atoms with Gasteiger partial charge >= 0.3 is 5.97 Å². The molecule has 15 heavy (non-hydrogen) atoms. The van der Waals surface area contributed by atoms with E-state index in [9.17, 15) is 4.79 Å². The maximum Gasteiger partial charge on any atom is 0.303 e. The maximum absolute atomic E-state index is 10.3. The van der Waals surface area contributed by atoms with Gasteiger partial charge in [0.25, 0.3) is 0 Å². The molecular weight excluding hydrogens is 190 g/mol. The summed E-state index contributed by atoms with van der Waals surface area (Å²) in [5.74, 6) is -0.664. The molecule has 1 aliphatic rings. The van der Waals surface area contributed by atoms with E-state index in [1.54, 1.807) is 0 Å². The fourth-order valence-corrected chi connectivity index (χ4v) is 1.97. The number of carbonyl (C=O) groups is 1. The van der Waals surface area contributed by atoms with Crippen molar-refractivity contribution in [2.45, 2.75) is 57.9 Å². The molecule has 0 aromatic carbocycles. The zero-order chi connectivity index (χ0) is 11.1. The van der Waals surface area contributed by atoms with Crippen molar-refractivity contribution in [2.24, 2.45) is 0 Å². The zero-order valence-corrected chi connectivity index (χ0v) is 9.74. The lowest BCUT2D eigenvalue weighted by Crippen LogP contribution is -2.27. The summed E-state index contributed by atoms with van der Waals surface area (Å²) in [6.45, 7) is 4.60. The molecule has 0 unspecified atom stereocenters. The third-order valence-electron chi connectivity index (χ3n) is 2.91. The molecule has 0 amide bonds. The second kappa shape index (κ2) is 6.83. The van der Waals surface area contributed by atoms with Gasteiger partial charge in [-0.15, -0.1) is 0 Å². The Morgan fingerprint density at radius 3 is 2.53 bits per heavy atom. The third-order valence-corrected chi connectivity index (χ3v) is 2.91. The monoisotopic (exact) mass is 213 g/mol. The van der Waals surface area contributed by atoms with E-state index in [0.29, 0.717) is 6.42 Å². The average molecular weight is 213 g/mol. The van der Waals surface area contributed by atoms with Crippen LogP contribution in [0.1, 0.15) is 51.9 Å². The molecule has 88 valence electrons. The van der Waals surface area contributed by atoms with E-state index < -0.39 is 5.97 Å². The molecule has 1 saturated carbocycles. The van der Waals surface area contributed by atoms with Gasteiger partial charge in [-0.1, -0.05) is 13.3 Å². The molecule has 1 aliphatic carbocycles. The number of hydrogen-bond donors (Lipinski definition) is 1. The van der Waals surface area contributed by atoms with Crippen molar-refractivity contribution in [3.8, 4) is 0 Å². The highest BCUT2D eigenvalue weighted by Crippen LogP contribution is 2.27. The molecule has 0 aliphatic heterocycles. The quantitative estimate of drug-likeness (QED) is 0.598. The van der Waals surface area contributed by atoms with Crippen molar-refractivity contribution >= 4 is 5.97 Å². The van der Waals surface area contributed by atoms with Crippen LogP contribution in [0.3, 0.4) is 0 Å². The van der Waals surface area contributed by atoms with Gasteiger partial charge < -0.3 is 10.0 Å². The predicted octanol–water partition coefficient (Wildman–Crippen LogP) is 2.51. The van der Waals surface area contributed by atoms with Gasteiger partial charge in [-0.25, -0.2) is 0 Å². The lowest BCUT2D eigenvalue weighted by molar-refractivity contribution is -0.137. The smallest absolute Gasteiger partial charge is 0.303 e.